The Kier molecular flexibility index (Phi) is 6.42. The molecule has 2 aromatic rings. The summed E-state index contributed by atoms with van der Waals surface area (Å²) in [7, 11) is 4.72. The van der Waals surface area contributed by atoms with Gasteiger partial charge < -0.3 is 14.2 Å². The molecule has 1 N–H and O–H groups in total. The van der Waals surface area contributed by atoms with Gasteiger partial charge in [-0.25, -0.2) is 5.43 Å². The summed E-state index contributed by atoms with van der Waals surface area (Å²) in [6, 6.07) is 10.5. The number of rotatable bonds is 6. The molecule has 0 heterocycles. The second kappa shape index (κ2) is 8.53. The maximum atomic E-state index is 12.1. The Hall–Kier alpha value is -2.29. The normalized spacial score (nSPS) is 10.5. The maximum absolute atomic E-state index is 12.1. The van der Waals surface area contributed by atoms with Gasteiger partial charge in [0.2, 0.25) is 0 Å². The lowest BCUT2D eigenvalue weighted by Crippen LogP contribution is -2.17. The lowest BCUT2D eigenvalue weighted by Gasteiger charge is -2.07. The smallest absolute Gasteiger partial charge is 0.271 e. The topological polar surface area (TPSA) is 69.2 Å². The van der Waals surface area contributed by atoms with Crippen LogP contribution in [0, 0.1) is 3.57 Å². The zero-order valence-electron chi connectivity index (χ0n) is 13.5. The van der Waals surface area contributed by atoms with E-state index in [9.17, 15) is 4.79 Å². The van der Waals surface area contributed by atoms with Crippen LogP contribution in [-0.2, 0) is 0 Å². The Morgan fingerprint density at radius 1 is 1.00 bits per heavy atom. The second-order valence-electron chi connectivity index (χ2n) is 4.66. The van der Waals surface area contributed by atoms with Crippen LogP contribution in [0.5, 0.6) is 17.2 Å². The van der Waals surface area contributed by atoms with Crippen LogP contribution in [0.15, 0.2) is 41.5 Å². The summed E-state index contributed by atoms with van der Waals surface area (Å²) in [6.07, 6.45) is 1.54. The van der Waals surface area contributed by atoms with Crippen molar-refractivity contribution in [2.45, 2.75) is 0 Å². The van der Waals surface area contributed by atoms with Crippen molar-refractivity contribution in [2.24, 2.45) is 5.10 Å². The van der Waals surface area contributed by atoms with E-state index in [1.807, 2.05) is 6.07 Å². The number of hydrogen-bond donors (Lipinski definition) is 1. The zero-order valence-corrected chi connectivity index (χ0v) is 15.7. The largest absolute Gasteiger partial charge is 0.496 e. The van der Waals surface area contributed by atoms with Crippen molar-refractivity contribution in [3.63, 3.8) is 0 Å². The van der Waals surface area contributed by atoms with Gasteiger partial charge in [-0.1, -0.05) is 0 Å². The van der Waals surface area contributed by atoms with Gasteiger partial charge in [-0.3, -0.25) is 4.79 Å². The van der Waals surface area contributed by atoms with Gasteiger partial charge in [0.25, 0.3) is 5.91 Å². The molecule has 0 aliphatic heterocycles. The van der Waals surface area contributed by atoms with E-state index in [0.29, 0.717) is 17.1 Å². The molecule has 0 aliphatic carbocycles. The van der Waals surface area contributed by atoms with Gasteiger partial charge in [0, 0.05) is 5.56 Å². The molecule has 0 unspecified atom stereocenters. The summed E-state index contributed by atoms with van der Waals surface area (Å²) < 4.78 is 16.4. The number of halogens is 1. The first-order valence-electron chi connectivity index (χ1n) is 6.98. The SMILES string of the molecule is COc1ccc(C(=O)NN=Cc2ccc(OC)c(OC)c2)cc1I. The monoisotopic (exact) mass is 440 g/mol. The summed E-state index contributed by atoms with van der Waals surface area (Å²) in [6.45, 7) is 0. The molecule has 0 aliphatic rings. The number of hydrogen-bond acceptors (Lipinski definition) is 5. The minimum Gasteiger partial charge on any atom is -0.496 e. The summed E-state index contributed by atoms with van der Waals surface area (Å²) >= 11 is 2.11. The molecule has 126 valence electrons. The van der Waals surface area contributed by atoms with Crippen LogP contribution in [0.4, 0.5) is 0 Å². The van der Waals surface area contributed by atoms with Gasteiger partial charge in [-0.2, -0.15) is 5.10 Å². The molecular formula is C17H17IN2O4. The van der Waals surface area contributed by atoms with Crippen LogP contribution in [0.3, 0.4) is 0 Å². The van der Waals surface area contributed by atoms with Gasteiger partial charge in [-0.05, 0) is 64.6 Å². The van der Waals surface area contributed by atoms with Crippen LogP contribution < -0.4 is 19.6 Å². The Morgan fingerprint density at radius 3 is 2.29 bits per heavy atom. The van der Waals surface area contributed by atoms with Crippen LogP contribution >= 0.6 is 22.6 Å². The fourth-order valence-electron chi connectivity index (χ4n) is 1.97. The average Bonchev–Trinajstić information content (AvgIpc) is 2.61. The van der Waals surface area contributed by atoms with Crippen molar-refractivity contribution in [1.29, 1.82) is 0 Å². The van der Waals surface area contributed by atoms with Crippen LogP contribution in [0.2, 0.25) is 0 Å². The molecule has 0 bridgehead atoms. The van der Waals surface area contributed by atoms with E-state index in [2.05, 4.69) is 33.1 Å². The number of nitrogens with zero attached hydrogens (tertiary/aromatic N) is 1. The van der Waals surface area contributed by atoms with Crippen molar-refractivity contribution in [3.8, 4) is 17.2 Å². The minimum absolute atomic E-state index is 0.299. The van der Waals surface area contributed by atoms with Crippen molar-refractivity contribution < 1.29 is 19.0 Å². The summed E-state index contributed by atoms with van der Waals surface area (Å²) in [5.41, 5.74) is 3.77. The molecule has 7 heteroatoms. The zero-order chi connectivity index (χ0) is 17.5. The van der Waals surface area contributed by atoms with E-state index in [0.717, 1.165) is 14.9 Å². The summed E-state index contributed by atoms with van der Waals surface area (Å²) in [5, 5.41) is 3.97. The first-order valence-corrected chi connectivity index (χ1v) is 8.06. The van der Waals surface area contributed by atoms with E-state index in [4.69, 9.17) is 14.2 Å². The number of hydrazone groups is 1. The Bertz CT molecular complexity index is 762. The van der Waals surface area contributed by atoms with E-state index >= 15 is 0 Å². The molecule has 0 radical (unpaired) electrons. The predicted molar refractivity (Wildman–Crippen MR) is 100 cm³/mol. The quantitative estimate of drug-likeness (QED) is 0.426. The fourth-order valence-corrected chi connectivity index (χ4v) is 2.71. The minimum atomic E-state index is -0.299. The molecule has 0 aromatic heterocycles. The number of amides is 1. The lowest BCUT2D eigenvalue weighted by atomic mass is 10.2. The number of nitrogens with one attached hydrogen (secondary N) is 1. The van der Waals surface area contributed by atoms with Gasteiger partial charge in [-0.15, -0.1) is 0 Å². The molecule has 0 fully saturated rings. The highest BCUT2D eigenvalue weighted by Gasteiger charge is 2.08. The molecule has 24 heavy (non-hydrogen) atoms. The Balaban J connectivity index is 2.05. The third-order valence-corrected chi connectivity index (χ3v) is 4.04. The van der Waals surface area contributed by atoms with E-state index in [1.54, 1.807) is 51.7 Å². The van der Waals surface area contributed by atoms with Crippen molar-refractivity contribution >= 4 is 34.7 Å². The first-order chi connectivity index (χ1) is 11.6. The van der Waals surface area contributed by atoms with Crippen LogP contribution in [-0.4, -0.2) is 33.5 Å². The Morgan fingerprint density at radius 2 is 1.67 bits per heavy atom. The van der Waals surface area contributed by atoms with Gasteiger partial charge in [0.15, 0.2) is 11.5 Å². The molecule has 1 amide bonds. The average molecular weight is 440 g/mol. The number of carbonyl (C=O) groups excluding carboxylic acids is 1. The summed E-state index contributed by atoms with van der Waals surface area (Å²) in [5.74, 6) is 1.65. The lowest BCUT2D eigenvalue weighted by molar-refractivity contribution is 0.0955. The van der Waals surface area contributed by atoms with Gasteiger partial charge in [0.1, 0.15) is 5.75 Å². The van der Waals surface area contributed by atoms with E-state index in [-0.39, 0.29) is 5.91 Å². The highest BCUT2D eigenvalue weighted by molar-refractivity contribution is 14.1. The number of carbonyl (C=O) groups is 1. The predicted octanol–water partition coefficient (Wildman–Crippen LogP) is 3.08. The molecular weight excluding hydrogens is 423 g/mol. The third kappa shape index (κ3) is 4.38. The van der Waals surface area contributed by atoms with Gasteiger partial charge >= 0.3 is 0 Å². The van der Waals surface area contributed by atoms with Crippen molar-refractivity contribution in [2.75, 3.05) is 21.3 Å². The highest BCUT2D eigenvalue weighted by Crippen LogP contribution is 2.26. The molecule has 0 saturated carbocycles. The number of benzene rings is 2. The Labute approximate surface area is 153 Å². The first kappa shape index (κ1) is 18.1. The molecule has 2 rings (SSSR count). The molecule has 0 spiro atoms. The van der Waals surface area contributed by atoms with Crippen LogP contribution in [0.1, 0.15) is 15.9 Å². The fraction of sp³-hybridized carbons (Fsp3) is 0.176. The maximum Gasteiger partial charge on any atom is 0.271 e. The molecule has 2 aromatic carbocycles. The van der Waals surface area contributed by atoms with Gasteiger partial charge in [0.05, 0.1) is 31.1 Å². The number of ether oxygens (including phenoxy) is 3. The number of methoxy groups -OCH3 is 3. The highest BCUT2D eigenvalue weighted by atomic mass is 127. The van der Waals surface area contributed by atoms with Crippen molar-refractivity contribution in [1.82, 2.24) is 5.43 Å². The standard InChI is InChI=1S/C17H17IN2O4/c1-22-14-7-5-12(9-13(14)18)17(21)20-19-10-11-4-6-15(23-2)16(8-11)24-3/h4-10H,1-3H3,(H,20,21). The van der Waals surface area contributed by atoms with Crippen molar-refractivity contribution in [3.05, 3.63) is 51.1 Å². The molecule has 0 atom stereocenters. The molecule has 6 nitrogen and oxygen atoms in total. The molecule has 0 saturated heterocycles. The third-order valence-electron chi connectivity index (χ3n) is 3.20. The van der Waals surface area contributed by atoms with Crippen LogP contribution in [0.25, 0.3) is 0 Å². The van der Waals surface area contributed by atoms with E-state index in [1.165, 1.54) is 6.21 Å². The summed E-state index contributed by atoms with van der Waals surface area (Å²) in [4.78, 5) is 12.1. The second-order valence-corrected chi connectivity index (χ2v) is 5.83. The van der Waals surface area contributed by atoms with E-state index < -0.39 is 0 Å².